The van der Waals surface area contributed by atoms with Crippen molar-refractivity contribution >= 4 is 5.69 Å². The fourth-order valence-electron chi connectivity index (χ4n) is 3.50. The van der Waals surface area contributed by atoms with Crippen molar-refractivity contribution in [2.24, 2.45) is 0 Å². The van der Waals surface area contributed by atoms with E-state index in [4.69, 9.17) is 14.2 Å². The molecule has 1 N–H and O–H groups in total. The highest BCUT2D eigenvalue weighted by Crippen LogP contribution is 2.37. The van der Waals surface area contributed by atoms with Gasteiger partial charge in [0, 0.05) is 31.0 Å². The predicted octanol–water partition coefficient (Wildman–Crippen LogP) is 2.72. The summed E-state index contributed by atoms with van der Waals surface area (Å²) < 4.78 is 17.1. The van der Waals surface area contributed by atoms with E-state index in [1.54, 1.807) is 0 Å². The van der Waals surface area contributed by atoms with Gasteiger partial charge in [0.25, 0.3) is 0 Å². The molecule has 0 radical (unpaired) electrons. The maximum Gasteiger partial charge on any atom is 0.168 e. The van der Waals surface area contributed by atoms with Gasteiger partial charge in [-0.2, -0.15) is 0 Å². The van der Waals surface area contributed by atoms with Gasteiger partial charge in [-0.1, -0.05) is 0 Å². The van der Waals surface area contributed by atoms with Gasteiger partial charge in [0.15, 0.2) is 5.79 Å². The second kappa shape index (κ2) is 4.93. The number of nitrogens with one attached hydrogen (secondary N) is 1. The van der Waals surface area contributed by atoms with Crippen molar-refractivity contribution in [1.82, 2.24) is 0 Å². The average Bonchev–Trinajstić information content (AvgIpc) is 3.11. The first-order valence-corrected chi connectivity index (χ1v) is 7.63. The van der Waals surface area contributed by atoms with Crippen LogP contribution >= 0.6 is 0 Å². The molecule has 2 fully saturated rings. The Labute approximate surface area is 119 Å². The summed E-state index contributed by atoms with van der Waals surface area (Å²) in [5, 5.41) is 3.65. The molecular formula is C16H21NO3. The van der Waals surface area contributed by atoms with Crippen LogP contribution in [0.3, 0.4) is 0 Å². The summed E-state index contributed by atoms with van der Waals surface area (Å²) >= 11 is 0. The van der Waals surface area contributed by atoms with Gasteiger partial charge in [0.1, 0.15) is 5.75 Å². The molecule has 108 valence electrons. The molecule has 0 aromatic heterocycles. The van der Waals surface area contributed by atoms with Crippen LogP contribution < -0.4 is 10.1 Å². The van der Waals surface area contributed by atoms with E-state index in [2.05, 4.69) is 23.5 Å². The van der Waals surface area contributed by atoms with Crippen LogP contribution in [0, 0.1) is 0 Å². The summed E-state index contributed by atoms with van der Waals surface area (Å²) in [6.45, 7) is 2.32. The molecule has 4 nitrogen and oxygen atoms in total. The highest BCUT2D eigenvalue weighted by molar-refractivity contribution is 5.53. The van der Waals surface area contributed by atoms with Crippen molar-refractivity contribution in [1.29, 1.82) is 0 Å². The van der Waals surface area contributed by atoms with Crippen LogP contribution in [0.2, 0.25) is 0 Å². The number of fused-ring (bicyclic) bond motifs is 1. The first-order valence-electron chi connectivity index (χ1n) is 7.63. The largest absolute Gasteiger partial charge is 0.493 e. The van der Waals surface area contributed by atoms with Gasteiger partial charge in [-0.05, 0) is 36.6 Å². The van der Waals surface area contributed by atoms with Gasteiger partial charge in [-0.25, -0.2) is 0 Å². The Balaban J connectivity index is 1.38. The minimum Gasteiger partial charge on any atom is -0.493 e. The quantitative estimate of drug-likeness (QED) is 0.901. The number of rotatable bonds is 2. The highest BCUT2D eigenvalue weighted by atomic mass is 16.7. The van der Waals surface area contributed by atoms with Gasteiger partial charge < -0.3 is 19.5 Å². The van der Waals surface area contributed by atoms with E-state index >= 15 is 0 Å². The van der Waals surface area contributed by atoms with Crippen molar-refractivity contribution in [2.45, 2.75) is 43.9 Å². The molecule has 3 aliphatic rings. The standard InChI is InChI=1S/C16H21NO3/c1-2-15-12(5-8-18-15)11-14(1)17-13-3-6-16(7-4-13)19-9-10-20-16/h1-2,11,13,17H,3-10H2. The van der Waals surface area contributed by atoms with Crippen molar-refractivity contribution in [3.8, 4) is 5.75 Å². The Morgan fingerprint density at radius 2 is 1.85 bits per heavy atom. The number of hydrogen-bond donors (Lipinski definition) is 1. The van der Waals surface area contributed by atoms with E-state index in [0.29, 0.717) is 6.04 Å². The molecule has 0 unspecified atom stereocenters. The molecular weight excluding hydrogens is 254 g/mol. The van der Waals surface area contributed by atoms with Gasteiger partial charge in [0.2, 0.25) is 0 Å². The van der Waals surface area contributed by atoms with Crippen LogP contribution in [0.1, 0.15) is 31.2 Å². The Kier molecular flexibility index (Phi) is 3.08. The monoisotopic (exact) mass is 275 g/mol. The van der Waals surface area contributed by atoms with E-state index in [0.717, 1.165) is 57.7 Å². The second-order valence-corrected chi connectivity index (χ2v) is 5.95. The van der Waals surface area contributed by atoms with Crippen LogP contribution in [0.5, 0.6) is 5.75 Å². The Bertz CT molecular complexity index is 486. The molecule has 4 heteroatoms. The topological polar surface area (TPSA) is 39.7 Å². The summed E-state index contributed by atoms with van der Waals surface area (Å²) in [5.74, 6) is 0.787. The molecule has 20 heavy (non-hydrogen) atoms. The summed E-state index contributed by atoms with van der Waals surface area (Å²) in [5.41, 5.74) is 2.54. The molecule has 0 atom stereocenters. The van der Waals surface area contributed by atoms with Crippen molar-refractivity contribution in [3.05, 3.63) is 23.8 Å². The maximum atomic E-state index is 5.77. The lowest BCUT2D eigenvalue weighted by atomic mass is 9.90. The molecule has 1 aliphatic carbocycles. The van der Waals surface area contributed by atoms with Crippen LogP contribution in [-0.4, -0.2) is 31.6 Å². The van der Waals surface area contributed by atoms with E-state index in [-0.39, 0.29) is 5.79 Å². The minimum atomic E-state index is -0.260. The number of benzene rings is 1. The van der Waals surface area contributed by atoms with Gasteiger partial charge >= 0.3 is 0 Å². The van der Waals surface area contributed by atoms with E-state index in [1.807, 2.05) is 0 Å². The lowest BCUT2D eigenvalue weighted by molar-refractivity contribution is -0.177. The molecule has 1 saturated heterocycles. The van der Waals surface area contributed by atoms with E-state index in [1.165, 1.54) is 11.3 Å². The lowest BCUT2D eigenvalue weighted by Crippen LogP contribution is -2.39. The molecule has 0 bridgehead atoms. The van der Waals surface area contributed by atoms with Gasteiger partial charge in [-0.15, -0.1) is 0 Å². The van der Waals surface area contributed by atoms with Crippen molar-refractivity contribution in [3.63, 3.8) is 0 Å². The zero-order valence-electron chi connectivity index (χ0n) is 11.7. The summed E-state index contributed by atoms with van der Waals surface area (Å²) in [6, 6.07) is 6.96. The molecule has 1 saturated carbocycles. The first kappa shape index (κ1) is 12.5. The van der Waals surface area contributed by atoms with E-state index < -0.39 is 0 Å². The van der Waals surface area contributed by atoms with Crippen LogP contribution in [0.25, 0.3) is 0 Å². The smallest absolute Gasteiger partial charge is 0.168 e. The molecule has 1 aromatic carbocycles. The summed E-state index contributed by atoms with van der Waals surface area (Å²) in [4.78, 5) is 0. The zero-order valence-corrected chi connectivity index (χ0v) is 11.7. The van der Waals surface area contributed by atoms with E-state index in [9.17, 15) is 0 Å². The molecule has 2 aliphatic heterocycles. The lowest BCUT2D eigenvalue weighted by Gasteiger charge is -2.36. The zero-order chi connectivity index (χ0) is 13.4. The average molecular weight is 275 g/mol. The molecule has 1 spiro atoms. The third-order valence-electron chi connectivity index (χ3n) is 4.62. The SMILES string of the molecule is c1cc2c(cc1NC1CCC3(CC1)OCCO3)CCO2. The highest BCUT2D eigenvalue weighted by Gasteiger charge is 2.40. The Morgan fingerprint density at radius 3 is 2.65 bits per heavy atom. The third-order valence-corrected chi connectivity index (χ3v) is 4.62. The Hall–Kier alpha value is -1.26. The first-order chi connectivity index (χ1) is 9.83. The maximum absolute atomic E-state index is 5.77. The van der Waals surface area contributed by atoms with Gasteiger partial charge in [-0.3, -0.25) is 0 Å². The number of ether oxygens (including phenoxy) is 3. The van der Waals surface area contributed by atoms with Crippen molar-refractivity contribution < 1.29 is 14.2 Å². The number of hydrogen-bond acceptors (Lipinski definition) is 4. The summed E-state index contributed by atoms with van der Waals surface area (Å²) in [6.07, 6.45) is 5.24. The number of anilines is 1. The van der Waals surface area contributed by atoms with Crippen LogP contribution in [-0.2, 0) is 15.9 Å². The van der Waals surface area contributed by atoms with Crippen LogP contribution in [0.15, 0.2) is 18.2 Å². The predicted molar refractivity (Wildman–Crippen MR) is 76.2 cm³/mol. The minimum absolute atomic E-state index is 0.260. The fraction of sp³-hybridized carbons (Fsp3) is 0.625. The van der Waals surface area contributed by atoms with Gasteiger partial charge in [0.05, 0.1) is 19.8 Å². The normalized spacial score (nSPS) is 24.6. The third kappa shape index (κ3) is 2.27. The molecule has 4 rings (SSSR count). The fourth-order valence-corrected chi connectivity index (χ4v) is 3.50. The molecule has 2 heterocycles. The second-order valence-electron chi connectivity index (χ2n) is 5.95. The molecule has 0 amide bonds. The van der Waals surface area contributed by atoms with Crippen LogP contribution in [0.4, 0.5) is 5.69 Å². The molecule has 1 aromatic rings. The van der Waals surface area contributed by atoms with Crippen molar-refractivity contribution in [2.75, 3.05) is 25.1 Å². The summed E-state index contributed by atoms with van der Waals surface area (Å²) in [7, 11) is 0. The Morgan fingerprint density at radius 1 is 1.05 bits per heavy atom.